The molecule has 1 aliphatic heterocycles. The highest BCUT2D eigenvalue weighted by Crippen LogP contribution is 2.06. The molecule has 0 aromatic heterocycles. The second-order valence-electron chi connectivity index (χ2n) is 5.80. The average molecular weight is 257 g/mol. The first-order valence-electron chi connectivity index (χ1n) is 6.73. The summed E-state index contributed by atoms with van der Waals surface area (Å²) in [6, 6.07) is 0. The Hall–Kier alpha value is -0.650. The number of likely N-dealkylation sites (N-methyl/N-ethyl adjacent to an activating group) is 2. The minimum Gasteiger partial charge on any atom is -0.389 e. The number of nitrogens with zero attached hydrogens (tertiary/aromatic N) is 3. The largest absolute Gasteiger partial charge is 0.389 e. The number of hydrogen-bond donors (Lipinski definition) is 1. The van der Waals surface area contributed by atoms with E-state index in [1.807, 2.05) is 16.7 Å². The van der Waals surface area contributed by atoms with Gasteiger partial charge in [-0.1, -0.05) is 6.92 Å². The Kier molecular flexibility index (Phi) is 5.56. The van der Waals surface area contributed by atoms with Gasteiger partial charge in [0.05, 0.1) is 12.1 Å². The van der Waals surface area contributed by atoms with Crippen LogP contribution in [0.2, 0.25) is 0 Å². The lowest BCUT2D eigenvalue weighted by Gasteiger charge is -2.34. The van der Waals surface area contributed by atoms with Crippen molar-refractivity contribution < 1.29 is 9.90 Å². The van der Waals surface area contributed by atoms with Gasteiger partial charge in [0, 0.05) is 32.7 Å². The standard InChI is InChI=1S/C13H27N3O2/c1-5-15(11-13(2,3)18)10-12(17)16-8-6-14(4)7-9-16/h18H,5-11H2,1-4H3. The second-order valence-corrected chi connectivity index (χ2v) is 5.80. The maximum atomic E-state index is 12.1. The Balaban J connectivity index is 2.42. The molecule has 5 nitrogen and oxygen atoms in total. The van der Waals surface area contributed by atoms with Gasteiger partial charge in [-0.25, -0.2) is 0 Å². The maximum absolute atomic E-state index is 12.1. The molecule has 0 aromatic carbocycles. The fourth-order valence-electron chi connectivity index (χ4n) is 2.17. The van der Waals surface area contributed by atoms with Crippen molar-refractivity contribution in [3.8, 4) is 0 Å². The van der Waals surface area contributed by atoms with Crippen LogP contribution < -0.4 is 0 Å². The number of amides is 1. The van der Waals surface area contributed by atoms with Gasteiger partial charge in [0.15, 0.2) is 0 Å². The quantitative estimate of drug-likeness (QED) is 0.744. The molecule has 1 saturated heterocycles. The van der Waals surface area contributed by atoms with E-state index in [9.17, 15) is 9.90 Å². The van der Waals surface area contributed by atoms with Gasteiger partial charge in [-0.3, -0.25) is 9.69 Å². The predicted octanol–water partition coefficient (Wildman–Crippen LogP) is -0.147. The van der Waals surface area contributed by atoms with Gasteiger partial charge in [0.1, 0.15) is 0 Å². The molecule has 1 fully saturated rings. The van der Waals surface area contributed by atoms with Crippen LogP contribution in [0.3, 0.4) is 0 Å². The molecule has 0 unspecified atom stereocenters. The highest BCUT2D eigenvalue weighted by Gasteiger charge is 2.23. The molecule has 1 rings (SSSR count). The lowest BCUT2D eigenvalue weighted by molar-refractivity contribution is -0.134. The van der Waals surface area contributed by atoms with Crippen molar-refractivity contribution in [2.75, 3.05) is 52.9 Å². The van der Waals surface area contributed by atoms with E-state index in [0.29, 0.717) is 13.1 Å². The molecule has 0 aromatic rings. The molecule has 1 N–H and O–H groups in total. The lowest BCUT2D eigenvalue weighted by Crippen LogP contribution is -2.51. The summed E-state index contributed by atoms with van der Waals surface area (Å²) in [5, 5.41) is 9.80. The molecule has 0 bridgehead atoms. The van der Waals surface area contributed by atoms with Crippen LogP contribution >= 0.6 is 0 Å². The normalized spacial score (nSPS) is 18.4. The molecule has 1 aliphatic rings. The van der Waals surface area contributed by atoms with E-state index in [4.69, 9.17) is 0 Å². The Morgan fingerprint density at radius 1 is 1.28 bits per heavy atom. The molecule has 0 aliphatic carbocycles. The molecule has 18 heavy (non-hydrogen) atoms. The smallest absolute Gasteiger partial charge is 0.236 e. The van der Waals surface area contributed by atoms with Crippen LogP contribution in [0.1, 0.15) is 20.8 Å². The van der Waals surface area contributed by atoms with E-state index in [2.05, 4.69) is 11.9 Å². The van der Waals surface area contributed by atoms with Gasteiger partial charge >= 0.3 is 0 Å². The van der Waals surface area contributed by atoms with Crippen molar-refractivity contribution in [2.24, 2.45) is 0 Å². The third-order valence-corrected chi connectivity index (χ3v) is 3.27. The molecule has 0 radical (unpaired) electrons. The number of carbonyl (C=O) groups is 1. The van der Waals surface area contributed by atoms with E-state index < -0.39 is 5.60 Å². The van der Waals surface area contributed by atoms with Crippen LogP contribution in [-0.2, 0) is 4.79 Å². The van der Waals surface area contributed by atoms with Crippen LogP contribution in [0, 0.1) is 0 Å². The van der Waals surface area contributed by atoms with E-state index in [1.54, 1.807) is 13.8 Å². The molecule has 1 heterocycles. The highest BCUT2D eigenvalue weighted by atomic mass is 16.3. The summed E-state index contributed by atoms with van der Waals surface area (Å²) < 4.78 is 0. The zero-order valence-corrected chi connectivity index (χ0v) is 12.1. The van der Waals surface area contributed by atoms with Crippen LogP contribution in [0.15, 0.2) is 0 Å². The number of aliphatic hydroxyl groups is 1. The summed E-state index contributed by atoms with van der Waals surface area (Å²) in [5.74, 6) is 0.175. The van der Waals surface area contributed by atoms with Crippen molar-refractivity contribution in [1.82, 2.24) is 14.7 Å². The van der Waals surface area contributed by atoms with E-state index in [-0.39, 0.29) is 5.91 Å². The summed E-state index contributed by atoms with van der Waals surface area (Å²) in [5.41, 5.74) is -0.752. The number of rotatable bonds is 5. The average Bonchev–Trinajstić information content (AvgIpc) is 2.27. The molecule has 0 atom stereocenters. The fourth-order valence-corrected chi connectivity index (χ4v) is 2.17. The Morgan fingerprint density at radius 2 is 1.83 bits per heavy atom. The van der Waals surface area contributed by atoms with Crippen molar-refractivity contribution >= 4 is 5.91 Å². The Bertz CT molecular complexity index is 268. The van der Waals surface area contributed by atoms with Gasteiger partial charge in [0.2, 0.25) is 5.91 Å². The van der Waals surface area contributed by atoms with E-state index in [0.717, 1.165) is 32.7 Å². The highest BCUT2D eigenvalue weighted by molar-refractivity contribution is 5.78. The first-order valence-corrected chi connectivity index (χ1v) is 6.73. The lowest BCUT2D eigenvalue weighted by atomic mass is 10.1. The van der Waals surface area contributed by atoms with Crippen LogP contribution in [-0.4, -0.2) is 84.2 Å². The topological polar surface area (TPSA) is 47.0 Å². The SMILES string of the molecule is CCN(CC(=O)N1CCN(C)CC1)CC(C)(C)O. The van der Waals surface area contributed by atoms with Crippen molar-refractivity contribution in [1.29, 1.82) is 0 Å². The molecular formula is C13H27N3O2. The number of piperazine rings is 1. The zero-order valence-electron chi connectivity index (χ0n) is 12.1. The van der Waals surface area contributed by atoms with Gasteiger partial charge in [-0.05, 0) is 27.4 Å². The van der Waals surface area contributed by atoms with E-state index >= 15 is 0 Å². The van der Waals surface area contributed by atoms with Crippen LogP contribution in [0.5, 0.6) is 0 Å². The molecule has 106 valence electrons. The zero-order chi connectivity index (χ0) is 13.8. The first-order chi connectivity index (χ1) is 8.31. The third-order valence-electron chi connectivity index (χ3n) is 3.27. The van der Waals surface area contributed by atoms with Gasteiger partial charge in [-0.2, -0.15) is 0 Å². The second kappa shape index (κ2) is 6.50. The van der Waals surface area contributed by atoms with Crippen molar-refractivity contribution in [3.63, 3.8) is 0 Å². The monoisotopic (exact) mass is 257 g/mol. The van der Waals surface area contributed by atoms with Gasteiger partial charge in [0.25, 0.3) is 0 Å². The van der Waals surface area contributed by atoms with Crippen LogP contribution in [0.25, 0.3) is 0 Å². The first kappa shape index (κ1) is 15.4. The summed E-state index contributed by atoms with van der Waals surface area (Å²) in [7, 11) is 2.08. The predicted molar refractivity (Wildman–Crippen MR) is 72.5 cm³/mol. The van der Waals surface area contributed by atoms with Crippen molar-refractivity contribution in [2.45, 2.75) is 26.4 Å². The summed E-state index contributed by atoms with van der Waals surface area (Å²) >= 11 is 0. The maximum Gasteiger partial charge on any atom is 0.236 e. The summed E-state index contributed by atoms with van der Waals surface area (Å²) in [6.07, 6.45) is 0. The summed E-state index contributed by atoms with van der Waals surface area (Å²) in [6.45, 7) is 10.8. The molecule has 1 amide bonds. The van der Waals surface area contributed by atoms with Gasteiger partial charge < -0.3 is 14.9 Å². The molecule has 0 spiro atoms. The fraction of sp³-hybridized carbons (Fsp3) is 0.923. The Labute approximate surface area is 110 Å². The minimum absolute atomic E-state index is 0.175. The Morgan fingerprint density at radius 3 is 2.28 bits per heavy atom. The number of carbonyl (C=O) groups excluding carboxylic acids is 1. The molecular weight excluding hydrogens is 230 g/mol. The number of hydrogen-bond acceptors (Lipinski definition) is 4. The third kappa shape index (κ3) is 5.33. The molecule has 5 heteroatoms. The summed E-state index contributed by atoms with van der Waals surface area (Å²) in [4.78, 5) is 18.3. The minimum atomic E-state index is -0.752. The van der Waals surface area contributed by atoms with E-state index in [1.165, 1.54) is 0 Å². The molecule has 0 saturated carbocycles. The van der Waals surface area contributed by atoms with Crippen molar-refractivity contribution in [3.05, 3.63) is 0 Å². The van der Waals surface area contributed by atoms with Gasteiger partial charge in [-0.15, -0.1) is 0 Å². The van der Waals surface area contributed by atoms with Crippen LogP contribution in [0.4, 0.5) is 0 Å².